The summed E-state index contributed by atoms with van der Waals surface area (Å²) >= 11 is 0. The highest BCUT2D eigenvalue weighted by Crippen LogP contribution is 2.13. The van der Waals surface area contributed by atoms with Crippen molar-refractivity contribution >= 4 is 5.91 Å². The zero-order valence-electron chi connectivity index (χ0n) is 16.5. The zero-order valence-corrected chi connectivity index (χ0v) is 16.5. The van der Waals surface area contributed by atoms with Crippen LogP contribution in [0.2, 0.25) is 0 Å². The average molecular weight is 356 g/mol. The van der Waals surface area contributed by atoms with Crippen LogP contribution in [0.25, 0.3) is 0 Å². The van der Waals surface area contributed by atoms with Crippen LogP contribution in [0.4, 0.5) is 0 Å². The van der Waals surface area contributed by atoms with E-state index in [1.165, 1.54) is 83.5 Å². The van der Waals surface area contributed by atoms with Crippen LogP contribution >= 0.6 is 0 Å². The highest BCUT2D eigenvalue weighted by atomic mass is 16.6. The minimum Gasteiger partial charge on any atom is -0.379 e. The molecule has 0 aliphatic carbocycles. The fraction of sp³-hybridized carbons (Fsp3) is 0.952. The Balaban J connectivity index is 1.60. The first-order chi connectivity index (χ1) is 12.3. The van der Waals surface area contributed by atoms with E-state index in [2.05, 4.69) is 5.32 Å². The number of ether oxygens (including phenoxy) is 2. The van der Waals surface area contributed by atoms with Crippen LogP contribution in [0.1, 0.15) is 96.8 Å². The maximum atomic E-state index is 10.7. The maximum Gasteiger partial charge on any atom is 0.216 e. The van der Waals surface area contributed by atoms with Crippen molar-refractivity contribution in [3.8, 4) is 0 Å². The molecule has 4 nitrogen and oxygen atoms in total. The molecular formula is C21H41NO3. The van der Waals surface area contributed by atoms with Gasteiger partial charge < -0.3 is 14.8 Å². The Morgan fingerprint density at radius 1 is 0.840 bits per heavy atom. The van der Waals surface area contributed by atoms with E-state index in [1.807, 2.05) is 0 Å². The quantitative estimate of drug-likeness (QED) is 0.262. The third kappa shape index (κ3) is 18.0. The van der Waals surface area contributed by atoms with Gasteiger partial charge in [0, 0.05) is 20.1 Å². The van der Waals surface area contributed by atoms with Gasteiger partial charge >= 0.3 is 0 Å². The zero-order chi connectivity index (χ0) is 18.0. The number of carbonyl (C=O) groups is 1. The summed E-state index contributed by atoms with van der Waals surface area (Å²) in [6, 6.07) is 0. The summed E-state index contributed by atoms with van der Waals surface area (Å²) in [4.78, 5) is 10.7. The van der Waals surface area contributed by atoms with Gasteiger partial charge in [0.2, 0.25) is 5.91 Å². The standard InChI is InChI=1S/C21H41NO3/c1-20(23)22-16-14-12-10-8-6-4-2-3-5-7-9-11-13-15-17-24-18-21-19-25-21/h21H,2-19H2,1H3,(H,22,23). The van der Waals surface area contributed by atoms with Crippen molar-refractivity contribution < 1.29 is 14.3 Å². The lowest BCUT2D eigenvalue weighted by atomic mass is 10.0. The second-order valence-corrected chi connectivity index (χ2v) is 7.46. The van der Waals surface area contributed by atoms with Crippen molar-refractivity contribution in [3.63, 3.8) is 0 Å². The van der Waals surface area contributed by atoms with Crippen molar-refractivity contribution in [1.29, 1.82) is 0 Å². The molecule has 1 rings (SSSR count). The fourth-order valence-electron chi connectivity index (χ4n) is 3.09. The molecule has 1 unspecified atom stereocenters. The van der Waals surface area contributed by atoms with Gasteiger partial charge in [-0.1, -0.05) is 77.0 Å². The SMILES string of the molecule is CC(=O)NCCCCCCCCCCCCCCCCOCC1CO1. The molecule has 1 N–H and O–H groups in total. The summed E-state index contributed by atoms with van der Waals surface area (Å²) in [5.74, 6) is 0.0911. The molecule has 1 aliphatic rings. The molecule has 0 radical (unpaired) electrons. The molecule has 25 heavy (non-hydrogen) atoms. The first kappa shape index (κ1) is 22.4. The minimum absolute atomic E-state index is 0.0911. The molecule has 1 heterocycles. The highest BCUT2D eigenvalue weighted by Gasteiger charge is 2.21. The number of unbranched alkanes of at least 4 members (excludes halogenated alkanes) is 13. The number of nitrogens with one attached hydrogen (secondary N) is 1. The molecule has 0 aromatic rings. The average Bonchev–Trinajstić information content (AvgIpc) is 3.41. The molecule has 0 aromatic heterocycles. The molecule has 0 bridgehead atoms. The summed E-state index contributed by atoms with van der Waals surface area (Å²) in [5, 5.41) is 2.85. The number of amides is 1. The van der Waals surface area contributed by atoms with Crippen LogP contribution in [0, 0.1) is 0 Å². The van der Waals surface area contributed by atoms with Gasteiger partial charge in [-0.15, -0.1) is 0 Å². The van der Waals surface area contributed by atoms with Gasteiger partial charge in [-0.05, 0) is 12.8 Å². The first-order valence-electron chi connectivity index (χ1n) is 10.7. The molecule has 4 heteroatoms. The molecule has 1 atom stereocenters. The number of hydrogen-bond acceptors (Lipinski definition) is 3. The molecule has 0 saturated carbocycles. The molecule has 1 amide bonds. The van der Waals surface area contributed by atoms with Crippen LogP contribution < -0.4 is 5.32 Å². The molecule has 0 spiro atoms. The lowest BCUT2D eigenvalue weighted by Gasteiger charge is -2.04. The highest BCUT2D eigenvalue weighted by molar-refractivity contribution is 5.72. The van der Waals surface area contributed by atoms with Crippen molar-refractivity contribution in [3.05, 3.63) is 0 Å². The Kier molecular flexibility index (Phi) is 15.1. The van der Waals surface area contributed by atoms with Gasteiger partial charge in [-0.25, -0.2) is 0 Å². The van der Waals surface area contributed by atoms with E-state index >= 15 is 0 Å². The molecule has 1 saturated heterocycles. The first-order valence-corrected chi connectivity index (χ1v) is 10.7. The number of hydrogen-bond donors (Lipinski definition) is 1. The van der Waals surface area contributed by atoms with E-state index in [4.69, 9.17) is 9.47 Å². The second kappa shape index (κ2) is 16.8. The molecular weight excluding hydrogens is 314 g/mol. The minimum atomic E-state index is 0.0911. The Hall–Kier alpha value is -0.610. The second-order valence-electron chi connectivity index (χ2n) is 7.46. The molecule has 148 valence electrons. The van der Waals surface area contributed by atoms with Crippen molar-refractivity contribution in [2.24, 2.45) is 0 Å². The van der Waals surface area contributed by atoms with Gasteiger partial charge in [-0.2, -0.15) is 0 Å². The van der Waals surface area contributed by atoms with Gasteiger partial charge in [-0.3, -0.25) is 4.79 Å². The normalized spacial score (nSPS) is 16.1. The van der Waals surface area contributed by atoms with Crippen molar-refractivity contribution in [2.45, 2.75) is 103 Å². The fourth-order valence-corrected chi connectivity index (χ4v) is 3.09. The van der Waals surface area contributed by atoms with E-state index in [-0.39, 0.29) is 5.91 Å². The van der Waals surface area contributed by atoms with E-state index in [0.717, 1.165) is 32.8 Å². The van der Waals surface area contributed by atoms with Crippen molar-refractivity contribution in [2.75, 3.05) is 26.4 Å². The van der Waals surface area contributed by atoms with Crippen LogP contribution in [-0.4, -0.2) is 38.4 Å². The third-order valence-corrected chi connectivity index (χ3v) is 4.80. The number of carbonyl (C=O) groups excluding carboxylic acids is 1. The maximum absolute atomic E-state index is 10.7. The number of rotatable bonds is 19. The van der Waals surface area contributed by atoms with Crippen LogP contribution in [0.15, 0.2) is 0 Å². The topological polar surface area (TPSA) is 50.9 Å². The lowest BCUT2D eigenvalue weighted by molar-refractivity contribution is -0.118. The number of epoxide rings is 1. The van der Waals surface area contributed by atoms with Gasteiger partial charge in [0.1, 0.15) is 6.10 Å². The van der Waals surface area contributed by atoms with Gasteiger partial charge in [0.25, 0.3) is 0 Å². The predicted molar refractivity (Wildman–Crippen MR) is 104 cm³/mol. The third-order valence-electron chi connectivity index (χ3n) is 4.80. The van der Waals surface area contributed by atoms with Gasteiger partial charge in [0.15, 0.2) is 0 Å². The largest absolute Gasteiger partial charge is 0.379 e. The Labute approximate surface area is 155 Å². The van der Waals surface area contributed by atoms with Crippen LogP contribution in [0.5, 0.6) is 0 Å². The van der Waals surface area contributed by atoms with E-state index in [0.29, 0.717) is 6.10 Å². The predicted octanol–water partition coefficient (Wildman–Crippen LogP) is 5.00. The molecule has 1 aliphatic heterocycles. The van der Waals surface area contributed by atoms with Gasteiger partial charge in [0.05, 0.1) is 13.2 Å². The summed E-state index contributed by atoms with van der Waals surface area (Å²) < 4.78 is 10.7. The van der Waals surface area contributed by atoms with Crippen LogP contribution in [-0.2, 0) is 14.3 Å². The summed E-state index contributed by atoms with van der Waals surface area (Å²) in [6.45, 7) is 5.05. The van der Waals surface area contributed by atoms with E-state index < -0.39 is 0 Å². The Bertz CT molecular complexity index is 306. The molecule has 0 aromatic carbocycles. The summed E-state index contributed by atoms with van der Waals surface area (Å²) in [7, 11) is 0. The Morgan fingerprint density at radius 2 is 1.28 bits per heavy atom. The van der Waals surface area contributed by atoms with Crippen molar-refractivity contribution in [1.82, 2.24) is 5.32 Å². The summed E-state index contributed by atoms with van der Waals surface area (Å²) in [5.41, 5.74) is 0. The smallest absolute Gasteiger partial charge is 0.216 e. The monoisotopic (exact) mass is 355 g/mol. The summed E-state index contributed by atoms with van der Waals surface area (Å²) in [6.07, 6.45) is 19.1. The molecule has 1 fully saturated rings. The van der Waals surface area contributed by atoms with E-state index in [9.17, 15) is 4.79 Å². The van der Waals surface area contributed by atoms with Crippen LogP contribution in [0.3, 0.4) is 0 Å². The Morgan fingerprint density at radius 3 is 1.72 bits per heavy atom. The lowest BCUT2D eigenvalue weighted by Crippen LogP contribution is -2.20. The van der Waals surface area contributed by atoms with E-state index in [1.54, 1.807) is 6.92 Å².